The van der Waals surface area contributed by atoms with Crippen molar-refractivity contribution >= 4 is 46.4 Å². The van der Waals surface area contributed by atoms with Crippen LogP contribution >= 0.6 is 46.4 Å². The normalized spacial score (nSPS) is 49.2. The fourth-order valence-electron chi connectivity index (χ4n) is 1.02. The van der Waals surface area contributed by atoms with E-state index in [9.17, 15) is 0 Å². The minimum Gasteiger partial charge on any atom is -0.121 e. The molecule has 1 fully saturated rings. The maximum Gasteiger partial charge on any atom is 0.0514 e. The molecule has 1 aliphatic carbocycles. The SMILES string of the molecule is Cl[C@H]1C[C@H](Cl)[C@@H](Cl)C[C@@H]1Cl. The summed E-state index contributed by atoms with van der Waals surface area (Å²) < 4.78 is 0. The summed E-state index contributed by atoms with van der Waals surface area (Å²) in [6.07, 6.45) is 1.43. The molecule has 0 aromatic heterocycles. The van der Waals surface area contributed by atoms with E-state index in [0.29, 0.717) is 12.8 Å². The molecule has 1 rings (SSSR count). The maximum atomic E-state index is 5.85. The van der Waals surface area contributed by atoms with Crippen molar-refractivity contribution in [2.75, 3.05) is 0 Å². The van der Waals surface area contributed by atoms with Crippen molar-refractivity contribution in [2.24, 2.45) is 0 Å². The summed E-state index contributed by atoms with van der Waals surface area (Å²) >= 11 is 23.4. The molecule has 0 aromatic rings. The van der Waals surface area contributed by atoms with E-state index in [0.717, 1.165) is 0 Å². The van der Waals surface area contributed by atoms with E-state index >= 15 is 0 Å². The highest BCUT2D eigenvalue weighted by molar-refractivity contribution is 6.34. The molecule has 4 heteroatoms. The average Bonchev–Trinajstić information content (AvgIpc) is 1.84. The second kappa shape index (κ2) is 3.71. The Hall–Kier alpha value is 1.16. The third kappa shape index (κ3) is 2.07. The molecular formula is C6H8Cl4. The largest absolute Gasteiger partial charge is 0.121 e. The molecule has 60 valence electrons. The Labute approximate surface area is 80.8 Å². The van der Waals surface area contributed by atoms with Crippen LogP contribution < -0.4 is 0 Å². The molecule has 0 saturated heterocycles. The molecule has 1 saturated carbocycles. The number of hydrogen-bond acceptors (Lipinski definition) is 0. The van der Waals surface area contributed by atoms with Crippen LogP contribution in [0.5, 0.6) is 0 Å². The van der Waals surface area contributed by atoms with E-state index in [-0.39, 0.29) is 21.5 Å². The molecule has 0 radical (unpaired) electrons. The van der Waals surface area contributed by atoms with Gasteiger partial charge in [0.2, 0.25) is 0 Å². The monoisotopic (exact) mass is 220 g/mol. The first-order chi connectivity index (χ1) is 4.61. The maximum absolute atomic E-state index is 5.85. The van der Waals surface area contributed by atoms with Crippen LogP contribution in [-0.2, 0) is 0 Å². The first-order valence-electron chi connectivity index (χ1n) is 3.17. The predicted molar refractivity (Wildman–Crippen MR) is 47.8 cm³/mol. The van der Waals surface area contributed by atoms with Gasteiger partial charge >= 0.3 is 0 Å². The van der Waals surface area contributed by atoms with Crippen molar-refractivity contribution in [3.63, 3.8) is 0 Å². The van der Waals surface area contributed by atoms with Gasteiger partial charge in [-0.1, -0.05) is 0 Å². The molecule has 10 heavy (non-hydrogen) atoms. The molecule has 1 aliphatic rings. The second-order valence-corrected chi connectivity index (χ2v) is 4.78. The lowest BCUT2D eigenvalue weighted by Gasteiger charge is -2.29. The quantitative estimate of drug-likeness (QED) is 0.552. The lowest BCUT2D eigenvalue weighted by molar-refractivity contribution is 0.531. The second-order valence-electron chi connectivity index (χ2n) is 2.54. The third-order valence-corrected chi connectivity index (χ3v) is 3.87. The van der Waals surface area contributed by atoms with Crippen LogP contribution in [0.15, 0.2) is 0 Å². The fourth-order valence-corrected chi connectivity index (χ4v) is 2.38. The summed E-state index contributed by atoms with van der Waals surface area (Å²) in [4.78, 5) is 0. The van der Waals surface area contributed by atoms with Gasteiger partial charge in [-0.25, -0.2) is 0 Å². The molecule has 0 amide bonds. The first kappa shape index (κ1) is 9.25. The van der Waals surface area contributed by atoms with E-state index in [1.165, 1.54) is 0 Å². The molecule has 0 bridgehead atoms. The summed E-state index contributed by atoms with van der Waals surface area (Å²) in [5.41, 5.74) is 0. The molecule has 0 spiro atoms. The Morgan fingerprint density at radius 1 is 0.600 bits per heavy atom. The Bertz CT molecular complexity index is 90.3. The van der Waals surface area contributed by atoms with Crippen molar-refractivity contribution in [2.45, 2.75) is 34.3 Å². The minimum absolute atomic E-state index is 0.0147. The standard InChI is InChI=1S/C6H8Cl4/c7-3-1-4(8)6(10)2-5(3)9/h3-6H,1-2H2/t3-,4-,5-,6-/m0/s1. The number of alkyl halides is 4. The zero-order valence-corrected chi connectivity index (χ0v) is 8.26. The molecule has 0 N–H and O–H groups in total. The van der Waals surface area contributed by atoms with E-state index in [4.69, 9.17) is 46.4 Å². The van der Waals surface area contributed by atoms with Crippen molar-refractivity contribution in [3.8, 4) is 0 Å². The summed E-state index contributed by atoms with van der Waals surface area (Å²) in [6.45, 7) is 0. The summed E-state index contributed by atoms with van der Waals surface area (Å²) in [6, 6.07) is 0. The highest BCUT2D eigenvalue weighted by Gasteiger charge is 2.32. The van der Waals surface area contributed by atoms with Gasteiger partial charge < -0.3 is 0 Å². The topological polar surface area (TPSA) is 0 Å². The van der Waals surface area contributed by atoms with Gasteiger partial charge in [0.1, 0.15) is 0 Å². The summed E-state index contributed by atoms with van der Waals surface area (Å²) in [7, 11) is 0. The summed E-state index contributed by atoms with van der Waals surface area (Å²) in [5, 5.41) is -0.0586. The van der Waals surface area contributed by atoms with Crippen LogP contribution in [0.4, 0.5) is 0 Å². The van der Waals surface area contributed by atoms with E-state index in [1.807, 2.05) is 0 Å². The Morgan fingerprint density at radius 2 is 0.800 bits per heavy atom. The molecule has 0 nitrogen and oxygen atoms in total. The van der Waals surface area contributed by atoms with Crippen LogP contribution in [0, 0.1) is 0 Å². The third-order valence-electron chi connectivity index (χ3n) is 1.69. The van der Waals surface area contributed by atoms with Crippen molar-refractivity contribution in [3.05, 3.63) is 0 Å². The Kier molecular flexibility index (Phi) is 3.43. The van der Waals surface area contributed by atoms with Crippen molar-refractivity contribution < 1.29 is 0 Å². The van der Waals surface area contributed by atoms with Gasteiger partial charge in [-0.2, -0.15) is 0 Å². The predicted octanol–water partition coefficient (Wildman–Crippen LogP) is 3.21. The minimum atomic E-state index is -0.0147. The van der Waals surface area contributed by atoms with Crippen molar-refractivity contribution in [1.82, 2.24) is 0 Å². The molecule has 0 aromatic carbocycles. The molecular weight excluding hydrogens is 214 g/mol. The smallest absolute Gasteiger partial charge is 0.0514 e. The number of hydrogen-bond donors (Lipinski definition) is 0. The van der Waals surface area contributed by atoms with E-state index in [1.54, 1.807) is 0 Å². The van der Waals surface area contributed by atoms with Crippen LogP contribution in [0.3, 0.4) is 0 Å². The average molecular weight is 222 g/mol. The number of rotatable bonds is 0. The van der Waals surface area contributed by atoms with E-state index in [2.05, 4.69) is 0 Å². The van der Waals surface area contributed by atoms with Gasteiger partial charge in [0.05, 0.1) is 21.5 Å². The Morgan fingerprint density at radius 3 is 1.00 bits per heavy atom. The highest BCUT2D eigenvalue weighted by Crippen LogP contribution is 2.33. The van der Waals surface area contributed by atoms with Crippen LogP contribution in [0.25, 0.3) is 0 Å². The van der Waals surface area contributed by atoms with Gasteiger partial charge in [0.15, 0.2) is 0 Å². The van der Waals surface area contributed by atoms with E-state index < -0.39 is 0 Å². The lowest BCUT2D eigenvalue weighted by Crippen LogP contribution is -2.34. The van der Waals surface area contributed by atoms with Gasteiger partial charge in [-0.05, 0) is 12.8 Å². The van der Waals surface area contributed by atoms with Gasteiger partial charge in [-0.15, -0.1) is 46.4 Å². The van der Waals surface area contributed by atoms with Gasteiger partial charge in [-0.3, -0.25) is 0 Å². The highest BCUT2D eigenvalue weighted by atomic mass is 35.5. The van der Waals surface area contributed by atoms with Crippen LogP contribution in [0.1, 0.15) is 12.8 Å². The molecule has 0 heterocycles. The molecule has 0 unspecified atom stereocenters. The van der Waals surface area contributed by atoms with Gasteiger partial charge in [0.25, 0.3) is 0 Å². The lowest BCUT2D eigenvalue weighted by atomic mass is 9.99. The first-order valence-corrected chi connectivity index (χ1v) is 4.92. The fraction of sp³-hybridized carbons (Fsp3) is 1.00. The Balaban J connectivity index is 2.46. The molecule has 4 atom stereocenters. The van der Waals surface area contributed by atoms with Crippen LogP contribution in [-0.4, -0.2) is 21.5 Å². The van der Waals surface area contributed by atoms with Crippen molar-refractivity contribution in [1.29, 1.82) is 0 Å². The number of halogens is 4. The zero-order valence-electron chi connectivity index (χ0n) is 5.24. The zero-order chi connectivity index (χ0) is 7.72. The van der Waals surface area contributed by atoms with Crippen LogP contribution in [0.2, 0.25) is 0 Å². The molecule has 0 aliphatic heterocycles. The van der Waals surface area contributed by atoms with Gasteiger partial charge in [0, 0.05) is 0 Å². The summed E-state index contributed by atoms with van der Waals surface area (Å²) in [5.74, 6) is 0.